The summed E-state index contributed by atoms with van der Waals surface area (Å²) in [5.74, 6) is -1.31. The van der Waals surface area contributed by atoms with Gasteiger partial charge in [-0.3, -0.25) is 14.4 Å². The van der Waals surface area contributed by atoms with Crippen LogP contribution in [0.25, 0.3) is 22.1 Å². The fourth-order valence-electron chi connectivity index (χ4n) is 3.11. The van der Waals surface area contributed by atoms with E-state index in [9.17, 15) is 19.2 Å². The Morgan fingerprint density at radius 2 is 1.36 bits per heavy atom. The summed E-state index contributed by atoms with van der Waals surface area (Å²) in [5.41, 5.74) is 15.0. The van der Waals surface area contributed by atoms with E-state index < -0.39 is 11.8 Å². The second-order valence-corrected chi connectivity index (χ2v) is 9.81. The maximum absolute atomic E-state index is 11.2. The van der Waals surface area contributed by atoms with Crippen molar-refractivity contribution < 1.29 is 14.3 Å². The van der Waals surface area contributed by atoms with E-state index in [-0.39, 0.29) is 25.2 Å². The van der Waals surface area contributed by atoms with Crippen molar-refractivity contribution in [2.24, 2.45) is 0 Å². The predicted molar refractivity (Wildman–Crippen MR) is 179 cm³/mol. The van der Waals surface area contributed by atoms with Crippen LogP contribution in [0.15, 0.2) is 64.2 Å². The molecular weight excluding hydrogens is 631 g/mol. The molecule has 6 N–H and O–H groups in total. The van der Waals surface area contributed by atoms with Gasteiger partial charge >= 0.3 is 5.97 Å². The number of ether oxygens (including phenoxy) is 1. The standard InChI is InChI=1S/2C9H7ClN2O.C6H7ClN2.C5H8O3.CH4/c1-5-9(13)12-7-4-2-3-6(10)8(7)11-5;1-5-9(13)12-8-6(10)3-2-4-7(8)11-5;7-4-2-1-3-5(8)6(4)9;1-3-8-5(7)4(2)6;/h2*2-4H,1H3,(H,12,13);1-3H,8-9H2;3H2,1-2H3;1H4. The summed E-state index contributed by atoms with van der Waals surface area (Å²) < 4.78 is 4.31. The minimum atomic E-state index is -0.757. The first-order chi connectivity index (χ1) is 20.3. The number of Topliss-reactive ketones (excluding diaryl/α,β-unsaturated/α-hetero) is 1. The second kappa shape index (κ2) is 17.6. The van der Waals surface area contributed by atoms with E-state index in [1.165, 1.54) is 6.92 Å². The van der Waals surface area contributed by atoms with Gasteiger partial charge < -0.3 is 26.2 Å². The van der Waals surface area contributed by atoms with Crippen LogP contribution in [0.4, 0.5) is 11.4 Å². The lowest BCUT2D eigenvalue weighted by atomic mass is 10.3. The monoisotopic (exact) mass is 662 g/mol. The maximum Gasteiger partial charge on any atom is 0.374 e. The van der Waals surface area contributed by atoms with E-state index in [2.05, 4.69) is 24.7 Å². The summed E-state index contributed by atoms with van der Waals surface area (Å²) in [7, 11) is 0. The Morgan fingerprint density at radius 3 is 1.93 bits per heavy atom. The van der Waals surface area contributed by atoms with Gasteiger partial charge in [0, 0.05) is 6.92 Å². The zero-order chi connectivity index (χ0) is 32.3. The van der Waals surface area contributed by atoms with Crippen LogP contribution in [0.5, 0.6) is 0 Å². The number of hydrogen-bond acceptors (Lipinski definition) is 9. The number of benzene rings is 3. The van der Waals surface area contributed by atoms with Gasteiger partial charge in [0.2, 0.25) is 5.78 Å². The second-order valence-electron chi connectivity index (χ2n) is 8.59. The number of nitrogens with one attached hydrogen (secondary N) is 2. The number of nitrogen functional groups attached to an aromatic ring is 2. The zero-order valence-corrected chi connectivity index (χ0v) is 25.9. The Hall–Kier alpha value is -4.45. The minimum absolute atomic E-state index is 0. The van der Waals surface area contributed by atoms with Crippen molar-refractivity contribution in [3.8, 4) is 0 Å². The van der Waals surface area contributed by atoms with Gasteiger partial charge in [0.15, 0.2) is 0 Å². The van der Waals surface area contributed by atoms with Crippen LogP contribution in [0, 0.1) is 13.8 Å². The van der Waals surface area contributed by atoms with Gasteiger partial charge in [0.25, 0.3) is 11.1 Å². The lowest BCUT2D eigenvalue weighted by molar-refractivity contribution is -0.152. The van der Waals surface area contributed by atoms with E-state index in [1.807, 2.05) is 6.07 Å². The van der Waals surface area contributed by atoms with E-state index in [4.69, 9.17) is 46.3 Å². The van der Waals surface area contributed by atoms with Gasteiger partial charge in [-0.05, 0) is 57.2 Å². The Morgan fingerprint density at radius 1 is 0.818 bits per heavy atom. The highest BCUT2D eigenvalue weighted by Crippen LogP contribution is 2.23. The van der Waals surface area contributed by atoms with Crippen molar-refractivity contribution in [3.63, 3.8) is 0 Å². The Kier molecular flexibility index (Phi) is 15.0. The third-order valence-corrected chi connectivity index (χ3v) is 6.29. The van der Waals surface area contributed by atoms with Crippen molar-refractivity contribution in [2.75, 3.05) is 18.1 Å². The van der Waals surface area contributed by atoms with Crippen LogP contribution in [-0.2, 0) is 14.3 Å². The van der Waals surface area contributed by atoms with Crippen molar-refractivity contribution >= 4 is 80.0 Å². The maximum atomic E-state index is 11.2. The van der Waals surface area contributed by atoms with Crippen molar-refractivity contribution in [1.29, 1.82) is 0 Å². The van der Waals surface area contributed by atoms with Gasteiger partial charge in [-0.25, -0.2) is 14.8 Å². The molecule has 0 radical (unpaired) electrons. The molecule has 0 fully saturated rings. The van der Waals surface area contributed by atoms with E-state index in [1.54, 1.807) is 69.3 Å². The average Bonchev–Trinajstić information content (AvgIpc) is 2.95. The van der Waals surface area contributed by atoms with Crippen LogP contribution in [-0.4, -0.2) is 38.3 Å². The van der Waals surface area contributed by atoms with E-state index >= 15 is 0 Å². The number of carbonyl (C=O) groups excluding carboxylic acids is 2. The van der Waals surface area contributed by atoms with Gasteiger partial charge in [0.1, 0.15) is 16.9 Å². The van der Waals surface area contributed by atoms with Crippen LogP contribution in [0.1, 0.15) is 32.7 Å². The van der Waals surface area contributed by atoms with Gasteiger partial charge in [0.05, 0.1) is 49.6 Å². The minimum Gasteiger partial charge on any atom is -0.460 e. The van der Waals surface area contributed by atoms with Crippen LogP contribution >= 0.6 is 34.8 Å². The molecule has 0 spiro atoms. The molecule has 0 unspecified atom stereocenters. The fourth-order valence-corrected chi connectivity index (χ4v) is 3.73. The van der Waals surface area contributed by atoms with Crippen LogP contribution in [0.3, 0.4) is 0 Å². The number of ketones is 1. The number of anilines is 2. The fraction of sp³-hybridized carbons (Fsp3) is 0.200. The number of rotatable bonds is 2. The molecule has 2 heterocycles. The highest BCUT2D eigenvalue weighted by atomic mass is 35.5. The number of nitrogens with zero attached hydrogens (tertiary/aromatic N) is 2. The first-order valence-corrected chi connectivity index (χ1v) is 13.7. The number of para-hydroxylation sites is 3. The molecule has 5 aromatic rings. The molecule has 0 atom stereocenters. The molecule has 11 nitrogen and oxygen atoms in total. The first-order valence-electron chi connectivity index (χ1n) is 12.5. The summed E-state index contributed by atoms with van der Waals surface area (Å²) in [4.78, 5) is 56.2. The summed E-state index contributed by atoms with van der Waals surface area (Å²) in [5, 5.41) is 1.58. The molecule has 0 saturated carbocycles. The summed E-state index contributed by atoms with van der Waals surface area (Å²) in [6.07, 6.45) is 0. The molecule has 44 heavy (non-hydrogen) atoms. The quantitative estimate of drug-likeness (QED) is 0.0991. The first kappa shape index (κ1) is 37.6. The SMILES string of the molecule is C.CCOC(=O)C(C)=O.Cc1nc2c(Cl)cccc2[nH]c1=O.Cc1nc2cccc(Cl)c2[nH]c1=O.Nc1cccc(Cl)c1N. The molecule has 5 rings (SSSR count). The van der Waals surface area contributed by atoms with E-state index in [0.29, 0.717) is 59.9 Å². The average molecular weight is 664 g/mol. The van der Waals surface area contributed by atoms with Gasteiger partial charge in [-0.1, -0.05) is 60.4 Å². The number of halogens is 3. The number of aromatic amines is 2. The number of aryl methyl sites for hydroxylation is 2. The smallest absolute Gasteiger partial charge is 0.374 e. The number of hydrogen-bond donors (Lipinski definition) is 4. The summed E-state index contributed by atoms with van der Waals surface area (Å²) in [6.45, 7) is 6.41. The van der Waals surface area contributed by atoms with E-state index in [0.717, 1.165) is 0 Å². The highest BCUT2D eigenvalue weighted by molar-refractivity contribution is 6.35. The predicted octanol–water partition coefficient (Wildman–Crippen LogP) is 6.05. The molecule has 14 heteroatoms. The molecule has 3 aromatic carbocycles. The molecule has 2 aromatic heterocycles. The molecule has 0 amide bonds. The molecule has 0 aliphatic rings. The number of nitrogens with two attached hydrogens (primary N) is 2. The number of carbonyl (C=O) groups is 2. The number of fused-ring (bicyclic) bond motifs is 2. The Labute approximate surface area is 268 Å². The largest absolute Gasteiger partial charge is 0.460 e. The van der Waals surface area contributed by atoms with Gasteiger partial charge in [-0.2, -0.15) is 0 Å². The molecule has 0 aliphatic carbocycles. The molecule has 0 bridgehead atoms. The molecule has 234 valence electrons. The number of H-pyrrole nitrogens is 2. The van der Waals surface area contributed by atoms with Crippen molar-refractivity contribution in [3.05, 3.63) is 102 Å². The van der Waals surface area contributed by atoms with Crippen LogP contribution in [0.2, 0.25) is 15.1 Å². The Balaban J connectivity index is 0.000000298. The third-order valence-electron chi connectivity index (χ3n) is 5.34. The lowest BCUT2D eigenvalue weighted by Gasteiger charge is -1.99. The summed E-state index contributed by atoms with van der Waals surface area (Å²) >= 11 is 17.4. The Bertz CT molecular complexity index is 1850. The lowest BCUT2D eigenvalue weighted by Crippen LogP contribution is -2.12. The third kappa shape index (κ3) is 10.7. The van der Waals surface area contributed by atoms with Gasteiger partial charge in [-0.15, -0.1) is 0 Å². The molecular formula is C30H33Cl3N6O5. The van der Waals surface area contributed by atoms with Crippen molar-refractivity contribution in [1.82, 2.24) is 19.9 Å². The van der Waals surface area contributed by atoms with Crippen LogP contribution < -0.4 is 22.6 Å². The normalized spacial score (nSPS) is 9.70. The zero-order valence-electron chi connectivity index (χ0n) is 23.6. The summed E-state index contributed by atoms with van der Waals surface area (Å²) in [6, 6.07) is 15.8. The molecule has 0 saturated heterocycles. The highest BCUT2D eigenvalue weighted by Gasteiger charge is 2.06. The number of aromatic nitrogens is 4. The number of esters is 1. The van der Waals surface area contributed by atoms with Crippen molar-refractivity contribution in [2.45, 2.75) is 35.1 Å². The molecule has 0 aliphatic heterocycles. The topological polar surface area (TPSA) is 187 Å².